The van der Waals surface area contributed by atoms with Crippen molar-refractivity contribution >= 4 is 5.97 Å². The fourth-order valence-corrected chi connectivity index (χ4v) is 0.799. The average molecular weight is 152 g/mol. The minimum absolute atomic E-state index is 0.123. The molecule has 0 bridgehead atoms. The number of hydrogen-bond acceptors (Lipinski definition) is 2. The summed E-state index contributed by atoms with van der Waals surface area (Å²) in [5.74, 6) is -1.01. The van der Waals surface area contributed by atoms with Crippen LogP contribution in [-0.4, -0.2) is 15.6 Å². The molecule has 1 rings (SSSR count). The Morgan fingerprint density at radius 3 is 2.73 bits per heavy atom. The van der Waals surface area contributed by atoms with Crippen LogP contribution in [0.25, 0.3) is 0 Å². The van der Waals surface area contributed by atoms with E-state index in [2.05, 4.69) is 0 Å². The Hall–Kier alpha value is -1.58. The van der Waals surface area contributed by atoms with Crippen molar-refractivity contribution in [3.8, 4) is 0 Å². The standard InChI is InChI=1S/C7H8N2O2/c1-9-5(7(10)11)3-2-4-6(9)8/h2-4,8H,1H3,(H,10,11). The number of pyridine rings is 1. The Kier molecular flexibility index (Phi) is 1.76. The summed E-state index contributed by atoms with van der Waals surface area (Å²) in [6, 6.07) is 4.54. The van der Waals surface area contributed by atoms with Crippen molar-refractivity contribution in [1.29, 1.82) is 5.41 Å². The minimum Gasteiger partial charge on any atom is -0.477 e. The molecule has 4 heteroatoms. The smallest absolute Gasteiger partial charge is 0.352 e. The van der Waals surface area contributed by atoms with E-state index in [1.807, 2.05) is 0 Å². The molecular weight excluding hydrogens is 144 g/mol. The summed E-state index contributed by atoms with van der Waals surface area (Å²) in [6.07, 6.45) is 0. The third-order valence-electron chi connectivity index (χ3n) is 1.45. The van der Waals surface area contributed by atoms with Gasteiger partial charge in [0.05, 0.1) is 0 Å². The normalized spacial score (nSPS) is 9.55. The lowest BCUT2D eigenvalue weighted by Gasteiger charge is -2.02. The van der Waals surface area contributed by atoms with E-state index in [9.17, 15) is 4.79 Å². The molecule has 58 valence electrons. The predicted octanol–water partition coefficient (Wildman–Crippen LogP) is 0.203. The lowest BCUT2D eigenvalue weighted by atomic mass is 10.3. The van der Waals surface area contributed by atoms with Crippen LogP contribution in [0.4, 0.5) is 0 Å². The van der Waals surface area contributed by atoms with Gasteiger partial charge in [0.25, 0.3) is 0 Å². The van der Waals surface area contributed by atoms with E-state index in [-0.39, 0.29) is 11.2 Å². The van der Waals surface area contributed by atoms with Gasteiger partial charge >= 0.3 is 5.97 Å². The van der Waals surface area contributed by atoms with Crippen LogP contribution < -0.4 is 5.49 Å². The Morgan fingerprint density at radius 1 is 1.64 bits per heavy atom. The van der Waals surface area contributed by atoms with Gasteiger partial charge in [-0.15, -0.1) is 0 Å². The maximum absolute atomic E-state index is 10.5. The summed E-state index contributed by atoms with van der Waals surface area (Å²) >= 11 is 0. The molecule has 11 heavy (non-hydrogen) atoms. The second-order valence-corrected chi connectivity index (χ2v) is 2.16. The fraction of sp³-hybridized carbons (Fsp3) is 0.143. The summed E-state index contributed by atoms with van der Waals surface area (Å²) in [5, 5.41) is 15.8. The molecule has 4 nitrogen and oxygen atoms in total. The zero-order chi connectivity index (χ0) is 8.43. The summed E-state index contributed by atoms with van der Waals surface area (Å²) in [5.41, 5.74) is 0.308. The molecule has 1 aromatic heterocycles. The first kappa shape index (κ1) is 7.53. The van der Waals surface area contributed by atoms with Crippen molar-refractivity contribution < 1.29 is 9.90 Å². The Labute approximate surface area is 63.2 Å². The molecule has 0 atom stereocenters. The van der Waals surface area contributed by atoms with Crippen molar-refractivity contribution in [3.05, 3.63) is 29.4 Å². The number of nitrogens with zero attached hydrogens (tertiary/aromatic N) is 1. The number of rotatable bonds is 1. The highest BCUT2D eigenvalue weighted by Crippen LogP contribution is 1.92. The van der Waals surface area contributed by atoms with Crippen LogP contribution in [-0.2, 0) is 7.05 Å². The number of aromatic nitrogens is 1. The van der Waals surface area contributed by atoms with Gasteiger partial charge in [-0.3, -0.25) is 5.41 Å². The van der Waals surface area contributed by atoms with Crippen LogP contribution in [0.5, 0.6) is 0 Å². The van der Waals surface area contributed by atoms with E-state index >= 15 is 0 Å². The van der Waals surface area contributed by atoms with Gasteiger partial charge in [-0.2, -0.15) is 0 Å². The zero-order valence-corrected chi connectivity index (χ0v) is 6.03. The Morgan fingerprint density at radius 2 is 2.27 bits per heavy atom. The van der Waals surface area contributed by atoms with Gasteiger partial charge < -0.3 is 9.67 Å². The molecule has 2 N–H and O–H groups in total. The van der Waals surface area contributed by atoms with E-state index in [1.165, 1.54) is 16.7 Å². The summed E-state index contributed by atoms with van der Waals surface area (Å²) in [7, 11) is 1.55. The Bertz CT molecular complexity index is 341. The summed E-state index contributed by atoms with van der Waals surface area (Å²) in [4.78, 5) is 10.5. The lowest BCUT2D eigenvalue weighted by Crippen LogP contribution is -2.21. The second-order valence-electron chi connectivity index (χ2n) is 2.16. The van der Waals surface area contributed by atoms with E-state index in [1.54, 1.807) is 13.1 Å². The molecule has 0 aromatic carbocycles. The number of carbonyl (C=O) groups is 1. The first-order chi connectivity index (χ1) is 5.13. The van der Waals surface area contributed by atoms with Gasteiger partial charge in [0.1, 0.15) is 11.2 Å². The van der Waals surface area contributed by atoms with Crippen LogP contribution in [0.15, 0.2) is 18.2 Å². The second kappa shape index (κ2) is 2.57. The zero-order valence-electron chi connectivity index (χ0n) is 6.03. The van der Waals surface area contributed by atoms with Crippen molar-refractivity contribution in [2.75, 3.05) is 0 Å². The summed E-state index contributed by atoms with van der Waals surface area (Å²) < 4.78 is 1.31. The van der Waals surface area contributed by atoms with Crippen molar-refractivity contribution in [3.63, 3.8) is 0 Å². The van der Waals surface area contributed by atoms with Gasteiger partial charge in [-0.25, -0.2) is 4.79 Å². The molecule has 0 unspecified atom stereocenters. The van der Waals surface area contributed by atoms with Gasteiger partial charge in [0.15, 0.2) is 0 Å². The van der Waals surface area contributed by atoms with Gasteiger partial charge in [0.2, 0.25) is 0 Å². The molecule has 0 fully saturated rings. The third-order valence-corrected chi connectivity index (χ3v) is 1.45. The topological polar surface area (TPSA) is 66.1 Å². The minimum atomic E-state index is -1.01. The first-order valence-electron chi connectivity index (χ1n) is 3.07. The van der Waals surface area contributed by atoms with Crippen molar-refractivity contribution in [1.82, 2.24) is 4.57 Å². The largest absolute Gasteiger partial charge is 0.477 e. The highest BCUT2D eigenvalue weighted by Gasteiger charge is 2.03. The number of carboxylic acids is 1. The molecular formula is C7H8N2O2. The molecule has 1 heterocycles. The molecule has 0 saturated heterocycles. The van der Waals surface area contributed by atoms with Gasteiger partial charge in [0, 0.05) is 7.05 Å². The molecule has 0 saturated carbocycles. The number of nitrogens with one attached hydrogen (secondary N) is 1. The van der Waals surface area contributed by atoms with Gasteiger partial charge in [-0.05, 0) is 12.1 Å². The maximum Gasteiger partial charge on any atom is 0.352 e. The summed E-state index contributed by atoms with van der Waals surface area (Å²) in [6.45, 7) is 0. The third kappa shape index (κ3) is 1.29. The molecule has 0 spiro atoms. The highest BCUT2D eigenvalue weighted by atomic mass is 16.4. The molecule has 0 aliphatic carbocycles. The fourth-order valence-electron chi connectivity index (χ4n) is 0.799. The van der Waals surface area contributed by atoms with Crippen LogP contribution >= 0.6 is 0 Å². The van der Waals surface area contributed by atoms with Crippen LogP contribution in [0.2, 0.25) is 0 Å². The van der Waals surface area contributed by atoms with Crippen LogP contribution in [0.3, 0.4) is 0 Å². The SMILES string of the molecule is Cn1c(C(=O)O)cccc1=N. The quantitative estimate of drug-likeness (QED) is 0.603. The van der Waals surface area contributed by atoms with E-state index < -0.39 is 5.97 Å². The lowest BCUT2D eigenvalue weighted by molar-refractivity contribution is 0.0684. The molecule has 0 aliphatic rings. The van der Waals surface area contributed by atoms with Crippen molar-refractivity contribution in [2.24, 2.45) is 7.05 Å². The first-order valence-corrected chi connectivity index (χ1v) is 3.07. The van der Waals surface area contributed by atoms with E-state index in [4.69, 9.17) is 10.5 Å². The molecule has 0 aliphatic heterocycles. The maximum atomic E-state index is 10.5. The predicted molar refractivity (Wildman–Crippen MR) is 38.2 cm³/mol. The number of aromatic carboxylic acids is 1. The van der Waals surface area contributed by atoms with Crippen LogP contribution in [0, 0.1) is 5.41 Å². The Balaban J connectivity index is 3.39. The van der Waals surface area contributed by atoms with Gasteiger partial charge in [-0.1, -0.05) is 6.07 Å². The number of carboxylic acid groups (broad SMARTS) is 1. The number of hydrogen-bond donors (Lipinski definition) is 2. The monoisotopic (exact) mass is 152 g/mol. The molecule has 1 aromatic rings. The highest BCUT2D eigenvalue weighted by molar-refractivity contribution is 5.85. The van der Waals surface area contributed by atoms with Crippen molar-refractivity contribution in [2.45, 2.75) is 0 Å². The van der Waals surface area contributed by atoms with E-state index in [0.29, 0.717) is 0 Å². The van der Waals surface area contributed by atoms with Crippen LogP contribution in [0.1, 0.15) is 10.5 Å². The average Bonchev–Trinajstić information content (AvgIpc) is 1.94. The van der Waals surface area contributed by atoms with E-state index in [0.717, 1.165) is 0 Å². The molecule has 0 amide bonds. The molecule has 0 radical (unpaired) electrons.